The molecule has 2 N–H and O–H groups in total. The van der Waals surface area contributed by atoms with Crippen LogP contribution >= 0.6 is 23.2 Å². The Morgan fingerprint density at radius 3 is 2.47 bits per heavy atom. The van der Waals surface area contributed by atoms with E-state index in [0.717, 1.165) is 0 Å². The van der Waals surface area contributed by atoms with E-state index in [-0.39, 0.29) is 11.3 Å². The highest BCUT2D eigenvalue weighted by molar-refractivity contribution is 7.85. The van der Waals surface area contributed by atoms with E-state index >= 15 is 0 Å². The van der Waals surface area contributed by atoms with Crippen molar-refractivity contribution in [2.45, 2.75) is 37.3 Å². The summed E-state index contributed by atoms with van der Waals surface area (Å²) in [7, 11) is -1.29. The lowest BCUT2D eigenvalue weighted by molar-refractivity contribution is 0.182. The number of nitrogens with one attached hydrogen (secondary N) is 1. The molecule has 0 radical (unpaired) electrons. The van der Waals surface area contributed by atoms with Crippen molar-refractivity contribution in [1.29, 1.82) is 0 Å². The fourth-order valence-electron chi connectivity index (χ4n) is 1.37. The molecule has 1 rings (SSSR count). The second-order valence-electron chi connectivity index (χ2n) is 5.37. The standard InChI is InChI=1S/C13H19Cl2NO2S/c1-13(2,3)16-7-9(17)8-19(18)10-4-5-11(14)12(15)6-10/h4-6,9,16-17H,7-8H2,1-3H3. The minimum atomic E-state index is -1.29. The number of aliphatic hydroxyl groups is 1. The monoisotopic (exact) mass is 323 g/mol. The lowest BCUT2D eigenvalue weighted by Gasteiger charge is -2.22. The Kier molecular flexibility index (Phi) is 6.27. The van der Waals surface area contributed by atoms with Gasteiger partial charge in [0.2, 0.25) is 0 Å². The van der Waals surface area contributed by atoms with Crippen molar-refractivity contribution in [2.24, 2.45) is 0 Å². The number of aliphatic hydroxyl groups excluding tert-OH is 1. The second kappa shape index (κ2) is 7.04. The Morgan fingerprint density at radius 1 is 1.32 bits per heavy atom. The molecule has 0 heterocycles. The number of benzene rings is 1. The molecule has 0 fully saturated rings. The molecule has 1 aromatic rings. The highest BCUT2D eigenvalue weighted by Crippen LogP contribution is 2.24. The van der Waals surface area contributed by atoms with Crippen LogP contribution in [0.1, 0.15) is 20.8 Å². The first-order valence-corrected chi connectivity index (χ1v) is 8.03. The smallest absolute Gasteiger partial charge is 0.0783 e. The van der Waals surface area contributed by atoms with Crippen molar-refractivity contribution in [1.82, 2.24) is 5.32 Å². The largest absolute Gasteiger partial charge is 0.391 e. The van der Waals surface area contributed by atoms with Gasteiger partial charge in [0, 0.05) is 17.0 Å². The lowest BCUT2D eigenvalue weighted by Crippen LogP contribution is -2.42. The lowest BCUT2D eigenvalue weighted by atomic mass is 10.1. The van der Waals surface area contributed by atoms with Crippen LogP contribution < -0.4 is 5.32 Å². The predicted molar refractivity (Wildman–Crippen MR) is 81.5 cm³/mol. The van der Waals surface area contributed by atoms with Crippen molar-refractivity contribution >= 4 is 34.0 Å². The predicted octanol–water partition coefficient (Wildman–Crippen LogP) is 2.85. The van der Waals surface area contributed by atoms with Crippen molar-refractivity contribution in [3.63, 3.8) is 0 Å². The Bertz CT molecular complexity index is 460. The second-order valence-corrected chi connectivity index (χ2v) is 7.68. The summed E-state index contributed by atoms with van der Waals surface area (Å²) in [4.78, 5) is 0.573. The molecule has 0 saturated heterocycles. The average Bonchev–Trinajstić information content (AvgIpc) is 2.29. The minimum Gasteiger partial charge on any atom is -0.391 e. The molecule has 0 saturated carbocycles. The van der Waals surface area contributed by atoms with E-state index in [1.54, 1.807) is 18.2 Å². The molecule has 3 nitrogen and oxygen atoms in total. The zero-order chi connectivity index (χ0) is 14.6. The Labute approximate surface area is 126 Å². The maximum atomic E-state index is 12.1. The number of β-amino-alcohol motifs (C(OH)–C–C–N with tert-alkyl or cyclic N) is 1. The molecule has 2 unspecified atom stereocenters. The summed E-state index contributed by atoms with van der Waals surface area (Å²) in [6.45, 7) is 6.43. The van der Waals surface area contributed by atoms with Crippen LogP contribution in [0.5, 0.6) is 0 Å². The summed E-state index contributed by atoms with van der Waals surface area (Å²) in [5.41, 5.74) is -0.0773. The van der Waals surface area contributed by atoms with E-state index in [1.165, 1.54) is 0 Å². The van der Waals surface area contributed by atoms with Gasteiger partial charge in [-0.25, -0.2) is 0 Å². The molecule has 0 amide bonds. The van der Waals surface area contributed by atoms with Gasteiger partial charge in [-0.3, -0.25) is 4.21 Å². The molecular formula is C13H19Cl2NO2S. The molecular weight excluding hydrogens is 305 g/mol. The Hall–Kier alpha value is -0.130. The summed E-state index contributed by atoms with van der Waals surface area (Å²) in [6.07, 6.45) is -0.672. The highest BCUT2D eigenvalue weighted by Gasteiger charge is 2.15. The van der Waals surface area contributed by atoms with Gasteiger partial charge in [-0.2, -0.15) is 0 Å². The van der Waals surface area contributed by atoms with E-state index in [9.17, 15) is 9.32 Å². The van der Waals surface area contributed by atoms with Gasteiger partial charge in [0.15, 0.2) is 0 Å². The third kappa shape index (κ3) is 6.23. The maximum Gasteiger partial charge on any atom is 0.0783 e. The van der Waals surface area contributed by atoms with Crippen LogP contribution in [-0.2, 0) is 10.8 Å². The molecule has 108 valence electrons. The number of halogens is 2. The van der Waals surface area contributed by atoms with Crippen molar-refractivity contribution in [3.8, 4) is 0 Å². The number of hydrogen-bond donors (Lipinski definition) is 2. The quantitative estimate of drug-likeness (QED) is 0.876. The molecule has 1 aromatic carbocycles. The van der Waals surface area contributed by atoms with Gasteiger partial charge in [-0.15, -0.1) is 0 Å². The van der Waals surface area contributed by atoms with Gasteiger partial charge in [0.25, 0.3) is 0 Å². The van der Waals surface area contributed by atoms with Gasteiger partial charge in [-0.1, -0.05) is 23.2 Å². The van der Waals surface area contributed by atoms with E-state index in [4.69, 9.17) is 23.2 Å². The van der Waals surface area contributed by atoms with Gasteiger partial charge >= 0.3 is 0 Å². The fraction of sp³-hybridized carbons (Fsp3) is 0.538. The van der Waals surface area contributed by atoms with Crippen molar-refractivity contribution < 1.29 is 9.32 Å². The van der Waals surface area contributed by atoms with E-state index < -0.39 is 16.9 Å². The normalized spacial score (nSPS) is 15.3. The number of rotatable bonds is 5. The maximum absolute atomic E-state index is 12.1. The van der Waals surface area contributed by atoms with E-state index in [2.05, 4.69) is 5.32 Å². The molecule has 19 heavy (non-hydrogen) atoms. The van der Waals surface area contributed by atoms with Gasteiger partial charge < -0.3 is 10.4 Å². The molecule has 0 aromatic heterocycles. The summed E-state index contributed by atoms with van der Waals surface area (Å²) < 4.78 is 12.1. The molecule has 0 spiro atoms. The SMILES string of the molecule is CC(C)(C)NCC(O)CS(=O)c1ccc(Cl)c(Cl)c1. The topological polar surface area (TPSA) is 49.3 Å². The van der Waals surface area contributed by atoms with Crippen LogP contribution in [0.2, 0.25) is 10.0 Å². The van der Waals surface area contributed by atoms with Crippen LogP contribution in [0.3, 0.4) is 0 Å². The van der Waals surface area contributed by atoms with Crippen LogP contribution in [-0.4, -0.2) is 33.3 Å². The minimum absolute atomic E-state index is 0.0773. The zero-order valence-corrected chi connectivity index (χ0v) is 13.6. The fourth-order valence-corrected chi connectivity index (χ4v) is 2.86. The summed E-state index contributed by atoms with van der Waals surface area (Å²) in [5, 5.41) is 13.8. The molecule has 0 bridgehead atoms. The third-order valence-electron chi connectivity index (χ3n) is 2.37. The first-order chi connectivity index (χ1) is 8.69. The number of hydrogen-bond acceptors (Lipinski definition) is 3. The van der Waals surface area contributed by atoms with Crippen LogP contribution in [0, 0.1) is 0 Å². The summed E-state index contributed by atoms with van der Waals surface area (Å²) >= 11 is 11.7. The average molecular weight is 324 g/mol. The van der Waals surface area contributed by atoms with Crippen molar-refractivity contribution in [3.05, 3.63) is 28.2 Å². The summed E-state index contributed by atoms with van der Waals surface area (Å²) in [5.74, 6) is 0.168. The highest BCUT2D eigenvalue weighted by atomic mass is 35.5. The summed E-state index contributed by atoms with van der Waals surface area (Å²) in [6, 6.07) is 4.84. The molecule has 0 aliphatic heterocycles. The Balaban J connectivity index is 2.57. The van der Waals surface area contributed by atoms with Gasteiger partial charge in [0.1, 0.15) is 0 Å². The molecule has 2 atom stereocenters. The van der Waals surface area contributed by atoms with Gasteiger partial charge in [-0.05, 0) is 39.0 Å². The van der Waals surface area contributed by atoms with Crippen LogP contribution in [0.25, 0.3) is 0 Å². The molecule has 6 heteroatoms. The first-order valence-electron chi connectivity index (χ1n) is 5.95. The van der Waals surface area contributed by atoms with E-state index in [1.807, 2.05) is 20.8 Å². The first kappa shape index (κ1) is 16.9. The van der Waals surface area contributed by atoms with Crippen LogP contribution in [0.15, 0.2) is 23.1 Å². The van der Waals surface area contributed by atoms with Crippen LogP contribution in [0.4, 0.5) is 0 Å². The zero-order valence-electron chi connectivity index (χ0n) is 11.2. The van der Waals surface area contributed by atoms with Crippen molar-refractivity contribution in [2.75, 3.05) is 12.3 Å². The Morgan fingerprint density at radius 2 is 1.95 bits per heavy atom. The molecule has 0 aliphatic rings. The van der Waals surface area contributed by atoms with Gasteiger partial charge in [0.05, 0.1) is 32.7 Å². The van der Waals surface area contributed by atoms with E-state index in [0.29, 0.717) is 21.5 Å². The molecule has 0 aliphatic carbocycles. The third-order valence-corrected chi connectivity index (χ3v) is 4.57.